The number of aromatic nitrogens is 1. The molecule has 0 radical (unpaired) electrons. The molecule has 0 saturated carbocycles. The lowest BCUT2D eigenvalue weighted by molar-refractivity contribution is 0.0985. The number of fused-ring (bicyclic) bond motifs is 1. The molecule has 0 fully saturated rings. The van der Waals surface area contributed by atoms with Gasteiger partial charge < -0.3 is 10.2 Å². The van der Waals surface area contributed by atoms with Gasteiger partial charge in [0.1, 0.15) is 0 Å². The van der Waals surface area contributed by atoms with Crippen molar-refractivity contribution >= 4 is 17.3 Å². The van der Waals surface area contributed by atoms with Crippen LogP contribution >= 0.6 is 0 Å². The number of nitrogens with one attached hydrogen (secondary N) is 1. The van der Waals surface area contributed by atoms with Crippen LogP contribution in [0.4, 0.5) is 11.4 Å². The van der Waals surface area contributed by atoms with Crippen LogP contribution in [0.1, 0.15) is 27.9 Å². The Bertz CT molecular complexity index is 924. The van der Waals surface area contributed by atoms with E-state index < -0.39 is 0 Å². The molecule has 3 aromatic rings. The van der Waals surface area contributed by atoms with Gasteiger partial charge in [0.25, 0.3) is 5.91 Å². The minimum atomic E-state index is 0.0151. The van der Waals surface area contributed by atoms with Crippen molar-refractivity contribution in [3.63, 3.8) is 0 Å². The normalized spacial score (nSPS) is 13.1. The minimum absolute atomic E-state index is 0.0151. The van der Waals surface area contributed by atoms with E-state index in [1.54, 1.807) is 12.4 Å². The fourth-order valence-electron chi connectivity index (χ4n) is 3.55. The Morgan fingerprint density at radius 3 is 2.74 bits per heavy atom. The van der Waals surface area contributed by atoms with E-state index in [2.05, 4.69) is 28.5 Å². The lowest BCUT2D eigenvalue weighted by Crippen LogP contribution is -2.35. The zero-order valence-electron chi connectivity index (χ0n) is 15.3. The van der Waals surface area contributed by atoms with Crippen molar-refractivity contribution in [2.45, 2.75) is 19.3 Å². The van der Waals surface area contributed by atoms with Crippen LogP contribution in [-0.2, 0) is 12.8 Å². The van der Waals surface area contributed by atoms with E-state index >= 15 is 0 Å². The van der Waals surface area contributed by atoms with Crippen LogP contribution in [0.5, 0.6) is 0 Å². The summed E-state index contributed by atoms with van der Waals surface area (Å²) in [5.74, 6) is 0.0151. The molecule has 27 heavy (non-hydrogen) atoms. The van der Waals surface area contributed by atoms with Crippen LogP contribution in [0.3, 0.4) is 0 Å². The molecule has 0 saturated heterocycles. The largest absolute Gasteiger partial charge is 0.383 e. The summed E-state index contributed by atoms with van der Waals surface area (Å²) in [7, 11) is 0. The van der Waals surface area contributed by atoms with Gasteiger partial charge in [-0.1, -0.05) is 48.5 Å². The van der Waals surface area contributed by atoms with E-state index in [0.717, 1.165) is 43.7 Å². The van der Waals surface area contributed by atoms with Gasteiger partial charge in [0.15, 0.2) is 0 Å². The Morgan fingerprint density at radius 1 is 1.04 bits per heavy atom. The Hall–Kier alpha value is -3.14. The first-order chi connectivity index (χ1) is 13.3. The molecular formula is C23H23N3O. The molecule has 0 atom stereocenters. The number of hydrogen-bond acceptors (Lipinski definition) is 3. The summed E-state index contributed by atoms with van der Waals surface area (Å²) in [6.45, 7) is 1.55. The van der Waals surface area contributed by atoms with Gasteiger partial charge in [-0.25, -0.2) is 0 Å². The summed E-state index contributed by atoms with van der Waals surface area (Å²) in [4.78, 5) is 19.2. The van der Waals surface area contributed by atoms with Crippen molar-refractivity contribution in [3.05, 3.63) is 89.7 Å². The van der Waals surface area contributed by atoms with E-state index in [-0.39, 0.29) is 5.91 Å². The molecule has 0 bridgehead atoms. The Labute approximate surface area is 159 Å². The molecule has 0 spiro atoms. The molecule has 4 heteroatoms. The van der Waals surface area contributed by atoms with Gasteiger partial charge in [-0.05, 0) is 42.5 Å². The molecule has 136 valence electrons. The number of para-hydroxylation sites is 1. The van der Waals surface area contributed by atoms with Gasteiger partial charge in [0.05, 0.1) is 11.3 Å². The molecule has 4 nitrogen and oxygen atoms in total. The first kappa shape index (κ1) is 17.3. The predicted octanol–water partition coefficient (Wildman–Crippen LogP) is 4.33. The number of carbonyl (C=O) groups is 1. The van der Waals surface area contributed by atoms with Crippen LogP contribution in [0.15, 0.2) is 73.1 Å². The van der Waals surface area contributed by atoms with Gasteiger partial charge in [0, 0.05) is 31.2 Å². The lowest BCUT2D eigenvalue weighted by atomic mass is 10.0. The summed E-state index contributed by atoms with van der Waals surface area (Å²) in [6.07, 6.45) is 6.37. The van der Waals surface area contributed by atoms with Crippen LogP contribution in [0.25, 0.3) is 0 Å². The fourth-order valence-corrected chi connectivity index (χ4v) is 3.55. The van der Waals surface area contributed by atoms with Gasteiger partial charge >= 0.3 is 0 Å². The predicted molar refractivity (Wildman–Crippen MR) is 109 cm³/mol. The summed E-state index contributed by atoms with van der Waals surface area (Å²) >= 11 is 0. The molecule has 1 amide bonds. The molecule has 1 N–H and O–H groups in total. The zero-order chi connectivity index (χ0) is 18.5. The molecule has 0 unspecified atom stereocenters. The van der Waals surface area contributed by atoms with E-state index in [1.165, 1.54) is 11.1 Å². The average Bonchev–Trinajstić information content (AvgIpc) is 2.74. The monoisotopic (exact) mass is 357 g/mol. The van der Waals surface area contributed by atoms with Crippen molar-refractivity contribution in [2.24, 2.45) is 0 Å². The van der Waals surface area contributed by atoms with Gasteiger partial charge in [-0.2, -0.15) is 0 Å². The molecule has 1 aliphatic rings. The fraction of sp³-hybridized carbons (Fsp3) is 0.217. The number of hydrogen-bond donors (Lipinski definition) is 1. The lowest BCUT2D eigenvalue weighted by Gasteiger charge is -2.29. The Balaban J connectivity index is 1.45. The Morgan fingerprint density at radius 2 is 1.85 bits per heavy atom. The first-order valence-corrected chi connectivity index (χ1v) is 9.44. The standard InChI is InChI=1S/C23H23N3O/c27-23(26-14-6-10-19-9-4-5-11-22(19)26)20-15-21(17-24-16-20)25-13-12-18-7-2-1-3-8-18/h1-5,7-9,11,15-17,25H,6,10,12-14H2. The van der Waals surface area contributed by atoms with Gasteiger partial charge in [-0.3, -0.25) is 9.78 Å². The number of carbonyl (C=O) groups excluding carboxylic acids is 1. The highest BCUT2D eigenvalue weighted by molar-refractivity contribution is 6.07. The van der Waals surface area contributed by atoms with Crippen molar-refractivity contribution < 1.29 is 4.79 Å². The first-order valence-electron chi connectivity index (χ1n) is 9.44. The molecule has 4 rings (SSSR count). The minimum Gasteiger partial charge on any atom is -0.383 e. The maximum absolute atomic E-state index is 13.1. The van der Waals surface area contributed by atoms with Crippen LogP contribution in [0.2, 0.25) is 0 Å². The van der Waals surface area contributed by atoms with Crippen molar-refractivity contribution in [1.29, 1.82) is 0 Å². The van der Waals surface area contributed by atoms with Crippen molar-refractivity contribution in [3.8, 4) is 0 Å². The smallest absolute Gasteiger partial charge is 0.259 e. The average molecular weight is 357 g/mol. The summed E-state index contributed by atoms with van der Waals surface area (Å²) in [6, 6.07) is 20.4. The van der Waals surface area contributed by atoms with Crippen LogP contribution in [-0.4, -0.2) is 24.0 Å². The van der Waals surface area contributed by atoms with E-state index in [1.807, 2.05) is 47.4 Å². The number of aryl methyl sites for hydroxylation is 1. The number of amides is 1. The summed E-state index contributed by atoms with van der Waals surface area (Å²) in [5.41, 5.74) is 5.05. The maximum atomic E-state index is 13.1. The van der Waals surface area contributed by atoms with E-state index in [4.69, 9.17) is 0 Å². The third-order valence-corrected chi connectivity index (χ3v) is 4.93. The second kappa shape index (κ2) is 8.04. The topological polar surface area (TPSA) is 45.2 Å². The zero-order valence-corrected chi connectivity index (χ0v) is 15.3. The van der Waals surface area contributed by atoms with E-state index in [9.17, 15) is 4.79 Å². The molecule has 1 aromatic heterocycles. The molecule has 2 heterocycles. The Kier molecular flexibility index (Phi) is 5.15. The van der Waals surface area contributed by atoms with Crippen LogP contribution in [0, 0.1) is 0 Å². The SMILES string of the molecule is O=C(c1cncc(NCCc2ccccc2)c1)N1CCCc2ccccc21. The molecule has 1 aliphatic heterocycles. The number of pyridine rings is 1. The van der Waals surface area contributed by atoms with E-state index in [0.29, 0.717) is 5.56 Å². The number of anilines is 2. The highest BCUT2D eigenvalue weighted by atomic mass is 16.2. The quantitative estimate of drug-likeness (QED) is 0.739. The number of benzene rings is 2. The molecule has 2 aromatic carbocycles. The highest BCUT2D eigenvalue weighted by Crippen LogP contribution is 2.28. The van der Waals surface area contributed by atoms with Crippen molar-refractivity contribution in [1.82, 2.24) is 4.98 Å². The third-order valence-electron chi connectivity index (χ3n) is 4.93. The summed E-state index contributed by atoms with van der Waals surface area (Å²) in [5, 5.41) is 3.38. The second-order valence-electron chi connectivity index (χ2n) is 6.81. The molecule has 0 aliphatic carbocycles. The van der Waals surface area contributed by atoms with Gasteiger partial charge in [0.2, 0.25) is 0 Å². The second-order valence-corrected chi connectivity index (χ2v) is 6.81. The number of nitrogens with zero attached hydrogens (tertiary/aromatic N) is 2. The van der Waals surface area contributed by atoms with Crippen molar-refractivity contribution in [2.75, 3.05) is 23.3 Å². The molecular weight excluding hydrogens is 334 g/mol. The third kappa shape index (κ3) is 4.00. The highest BCUT2D eigenvalue weighted by Gasteiger charge is 2.23. The maximum Gasteiger partial charge on any atom is 0.259 e. The van der Waals surface area contributed by atoms with Gasteiger partial charge in [-0.15, -0.1) is 0 Å². The number of rotatable bonds is 5. The summed E-state index contributed by atoms with van der Waals surface area (Å²) < 4.78 is 0. The van der Waals surface area contributed by atoms with Crippen LogP contribution < -0.4 is 10.2 Å².